The van der Waals surface area contributed by atoms with Crippen LogP contribution in [-0.4, -0.2) is 38.1 Å². The molecule has 4 heterocycles. The van der Waals surface area contributed by atoms with Crippen molar-refractivity contribution in [1.82, 2.24) is 19.1 Å². The first-order valence-corrected chi connectivity index (χ1v) is 7.95. The molecule has 1 aliphatic heterocycles. The van der Waals surface area contributed by atoms with E-state index in [4.69, 9.17) is 4.42 Å². The maximum Gasteiger partial charge on any atom is 0.291 e. The molecule has 1 saturated heterocycles. The van der Waals surface area contributed by atoms with Gasteiger partial charge in [0, 0.05) is 31.6 Å². The minimum atomic E-state index is -0.263. The fraction of sp³-hybridized carbons (Fsp3) is 0.438. The van der Waals surface area contributed by atoms with Gasteiger partial charge in [0.25, 0.3) is 5.56 Å². The van der Waals surface area contributed by atoms with Crippen molar-refractivity contribution < 1.29 is 9.21 Å². The minimum Gasteiger partial charge on any atom is -0.463 e. The lowest BCUT2D eigenvalue weighted by atomic mass is 10.4. The Balaban J connectivity index is 1.82. The number of furan rings is 1. The van der Waals surface area contributed by atoms with Crippen LogP contribution in [0, 0.1) is 0 Å². The summed E-state index contributed by atoms with van der Waals surface area (Å²) < 4.78 is 8.49. The Hall–Kier alpha value is -2.57. The van der Waals surface area contributed by atoms with E-state index in [0.717, 1.165) is 37.3 Å². The molecule has 7 nitrogen and oxygen atoms in total. The van der Waals surface area contributed by atoms with Crippen LogP contribution in [0.1, 0.15) is 25.6 Å². The van der Waals surface area contributed by atoms with Crippen molar-refractivity contribution in [3.63, 3.8) is 0 Å². The number of hydrogen-bond acceptors (Lipinski definition) is 4. The molecule has 0 aromatic carbocycles. The molecular formula is C16H18N4O3. The normalized spacial score (nSPS) is 15.1. The zero-order valence-corrected chi connectivity index (χ0v) is 13.0. The van der Waals surface area contributed by atoms with Gasteiger partial charge in [-0.2, -0.15) is 5.10 Å². The summed E-state index contributed by atoms with van der Waals surface area (Å²) in [6.45, 7) is 3.52. The zero-order chi connectivity index (χ0) is 16.0. The molecule has 0 bridgehead atoms. The van der Waals surface area contributed by atoms with Gasteiger partial charge < -0.3 is 9.32 Å². The predicted octanol–water partition coefficient (Wildman–Crippen LogP) is 1.43. The van der Waals surface area contributed by atoms with Gasteiger partial charge in [-0.05, 0) is 12.8 Å². The molecule has 0 N–H and O–H groups in total. The van der Waals surface area contributed by atoms with Crippen LogP contribution in [0.3, 0.4) is 0 Å². The molecule has 7 heteroatoms. The van der Waals surface area contributed by atoms with E-state index >= 15 is 0 Å². The second-order valence-electron chi connectivity index (χ2n) is 5.86. The van der Waals surface area contributed by atoms with E-state index in [1.165, 1.54) is 4.68 Å². The largest absolute Gasteiger partial charge is 0.463 e. The standard InChI is InChI=1S/C16H18N4O3/c1-2-14-17-19(10-15(21)18-6-3-4-7-18)16(22)12-9-13-11(20(12)14)5-8-23-13/h5,8-9H,2-4,6-7,10H2,1H3. The lowest BCUT2D eigenvalue weighted by Crippen LogP contribution is -2.36. The molecule has 1 amide bonds. The predicted molar refractivity (Wildman–Crippen MR) is 84.4 cm³/mol. The molecule has 0 unspecified atom stereocenters. The van der Waals surface area contributed by atoms with Gasteiger partial charge in [-0.25, -0.2) is 4.68 Å². The Labute approximate surface area is 132 Å². The van der Waals surface area contributed by atoms with Crippen LogP contribution in [0.15, 0.2) is 27.6 Å². The van der Waals surface area contributed by atoms with E-state index in [-0.39, 0.29) is 18.0 Å². The lowest BCUT2D eigenvalue weighted by Gasteiger charge is -2.16. The quantitative estimate of drug-likeness (QED) is 0.733. The Morgan fingerprint density at radius 3 is 2.83 bits per heavy atom. The summed E-state index contributed by atoms with van der Waals surface area (Å²) >= 11 is 0. The van der Waals surface area contributed by atoms with Crippen molar-refractivity contribution in [1.29, 1.82) is 0 Å². The fourth-order valence-electron chi connectivity index (χ4n) is 3.25. The molecule has 3 aromatic rings. The van der Waals surface area contributed by atoms with Gasteiger partial charge in [0.05, 0.1) is 11.8 Å². The van der Waals surface area contributed by atoms with Gasteiger partial charge in [0.1, 0.15) is 17.9 Å². The van der Waals surface area contributed by atoms with Crippen molar-refractivity contribution in [2.24, 2.45) is 0 Å². The topological polar surface area (TPSA) is 72.8 Å². The minimum absolute atomic E-state index is 0.00508. The molecule has 0 atom stereocenters. The average molecular weight is 314 g/mol. The molecule has 0 aliphatic carbocycles. The average Bonchev–Trinajstić information content (AvgIpc) is 3.26. The van der Waals surface area contributed by atoms with Crippen LogP contribution in [0.25, 0.3) is 16.6 Å². The highest BCUT2D eigenvalue weighted by molar-refractivity contribution is 5.82. The Morgan fingerprint density at radius 2 is 2.09 bits per heavy atom. The van der Waals surface area contributed by atoms with Gasteiger partial charge in [-0.15, -0.1) is 0 Å². The van der Waals surface area contributed by atoms with Crippen molar-refractivity contribution in [3.05, 3.63) is 34.6 Å². The van der Waals surface area contributed by atoms with Gasteiger partial charge in [-0.3, -0.25) is 14.0 Å². The van der Waals surface area contributed by atoms with Gasteiger partial charge >= 0.3 is 0 Å². The van der Waals surface area contributed by atoms with Gasteiger partial charge in [0.2, 0.25) is 5.91 Å². The number of aryl methyl sites for hydroxylation is 1. The molecule has 1 aliphatic rings. The van der Waals surface area contributed by atoms with E-state index in [9.17, 15) is 9.59 Å². The number of carbonyl (C=O) groups excluding carboxylic acids is 1. The summed E-state index contributed by atoms with van der Waals surface area (Å²) in [5.41, 5.74) is 1.73. The Kier molecular flexibility index (Phi) is 3.21. The number of hydrogen-bond donors (Lipinski definition) is 0. The maximum absolute atomic E-state index is 12.7. The first-order valence-electron chi connectivity index (χ1n) is 7.95. The molecule has 1 fully saturated rings. The number of likely N-dealkylation sites (tertiary alicyclic amines) is 1. The van der Waals surface area contributed by atoms with E-state index in [1.54, 1.807) is 17.2 Å². The first kappa shape index (κ1) is 14.0. The second-order valence-corrected chi connectivity index (χ2v) is 5.86. The molecule has 0 saturated carbocycles. The Morgan fingerprint density at radius 1 is 1.30 bits per heavy atom. The number of fused-ring (bicyclic) bond motifs is 3. The highest BCUT2D eigenvalue weighted by Gasteiger charge is 2.21. The monoisotopic (exact) mass is 314 g/mol. The Bertz CT molecular complexity index is 943. The summed E-state index contributed by atoms with van der Waals surface area (Å²) in [5, 5.41) is 4.41. The number of aromatic nitrogens is 3. The number of rotatable bonds is 3. The van der Waals surface area contributed by atoms with Crippen LogP contribution in [0.4, 0.5) is 0 Å². The maximum atomic E-state index is 12.7. The van der Waals surface area contributed by atoms with Crippen molar-refractivity contribution in [2.45, 2.75) is 32.7 Å². The summed E-state index contributed by atoms with van der Waals surface area (Å²) in [4.78, 5) is 26.8. The second kappa shape index (κ2) is 5.26. The highest BCUT2D eigenvalue weighted by atomic mass is 16.3. The van der Waals surface area contributed by atoms with E-state index in [2.05, 4.69) is 5.10 Å². The molecule has 3 aromatic heterocycles. The van der Waals surface area contributed by atoms with E-state index in [0.29, 0.717) is 17.5 Å². The van der Waals surface area contributed by atoms with Crippen LogP contribution in [-0.2, 0) is 17.8 Å². The zero-order valence-electron chi connectivity index (χ0n) is 13.0. The van der Waals surface area contributed by atoms with Crippen molar-refractivity contribution in [2.75, 3.05) is 13.1 Å². The van der Waals surface area contributed by atoms with Gasteiger partial charge in [-0.1, -0.05) is 6.92 Å². The van der Waals surface area contributed by atoms with Crippen LogP contribution in [0.2, 0.25) is 0 Å². The first-order chi connectivity index (χ1) is 11.2. The lowest BCUT2D eigenvalue weighted by molar-refractivity contribution is -0.131. The van der Waals surface area contributed by atoms with Crippen LogP contribution in [0.5, 0.6) is 0 Å². The number of amides is 1. The highest BCUT2D eigenvalue weighted by Crippen LogP contribution is 2.20. The molecule has 0 radical (unpaired) electrons. The summed E-state index contributed by atoms with van der Waals surface area (Å²) in [6.07, 6.45) is 4.31. The number of nitrogens with zero attached hydrogens (tertiary/aromatic N) is 4. The third-order valence-electron chi connectivity index (χ3n) is 4.43. The smallest absolute Gasteiger partial charge is 0.291 e. The molecule has 23 heavy (non-hydrogen) atoms. The SMILES string of the molecule is CCc1nn(CC(=O)N2CCCC2)c(=O)c2cc3occc3n12. The molecular weight excluding hydrogens is 296 g/mol. The van der Waals surface area contributed by atoms with Crippen LogP contribution >= 0.6 is 0 Å². The van der Waals surface area contributed by atoms with Crippen molar-refractivity contribution in [3.8, 4) is 0 Å². The fourth-order valence-corrected chi connectivity index (χ4v) is 3.25. The molecule has 120 valence electrons. The van der Waals surface area contributed by atoms with Crippen LogP contribution < -0.4 is 5.56 Å². The number of carbonyl (C=O) groups is 1. The molecule has 0 spiro atoms. The van der Waals surface area contributed by atoms with E-state index in [1.807, 2.05) is 17.4 Å². The molecule has 4 rings (SSSR count). The van der Waals surface area contributed by atoms with Gasteiger partial charge in [0.15, 0.2) is 5.58 Å². The van der Waals surface area contributed by atoms with E-state index < -0.39 is 0 Å². The summed E-state index contributed by atoms with van der Waals surface area (Å²) in [7, 11) is 0. The third kappa shape index (κ3) is 2.15. The summed E-state index contributed by atoms with van der Waals surface area (Å²) in [5.74, 6) is 0.698. The van der Waals surface area contributed by atoms with Crippen molar-refractivity contribution >= 4 is 22.5 Å². The third-order valence-corrected chi connectivity index (χ3v) is 4.43. The summed E-state index contributed by atoms with van der Waals surface area (Å²) in [6, 6.07) is 3.54.